The monoisotopic (exact) mass is 469 g/mol. The first kappa shape index (κ1) is 23.4. The summed E-state index contributed by atoms with van der Waals surface area (Å²) >= 11 is 0. The van der Waals surface area contributed by atoms with Gasteiger partial charge in [-0.15, -0.1) is 0 Å². The Hall–Kier alpha value is -3.79. The van der Waals surface area contributed by atoms with Gasteiger partial charge in [0.25, 0.3) is 0 Å². The van der Waals surface area contributed by atoms with Gasteiger partial charge in [-0.25, -0.2) is 9.59 Å². The van der Waals surface area contributed by atoms with Crippen molar-refractivity contribution >= 4 is 23.0 Å². The molecule has 1 aliphatic rings. The van der Waals surface area contributed by atoms with Crippen LogP contribution in [0.4, 0.5) is 4.79 Å². The third-order valence-corrected chi connectivity index (χ3v) is 5.71. The fraction of sp³-hybridized carbons (Fsp3) is 0.375. The standard InChI is InChI=1S/C24H27N3O7/c1-3-27(9-8-19(28)17-5-6-18-21(13-17)34-23(29)25-18)11-10-26(2)24(30)31-14-16-4-7-20-22(12-16)33-15-32-20/h4-7,12-13H,3,8-11,14-15H2,1-2H3,(H,25,29). The second-order valence-electron chi connectivity index (χ2n) is 8.00. The molecule has 2 heterocycles. The highest BCUT2D eigenvalue weighted by Gasteiger charge is 2.16. The van der Waals surface area contributed by atoms with E-state index in [1.54, 1.807) is 37.4 Å². The maximum atomic E-state index is 12.6. The van der Waals surface area contributed by atoms with Crippen LogP contribution in [-0.4, -0.2) is 66.7 Å². The number of hydrogen-bond acceptors (Lipinski definition) is 8. The van der Waals surface area contributed by atoms with E-state index in [9.17, 15) is 14.4 Å². The lowest BCUT2D eigenvalue weighted by Gasteiger charge is -2.24. The number of H-pyrrole nitrogens is 1. The van der Waals surface area contributed by atoms with E-state index in [0.29, 0.717) is 54.2 Å². The number of carbonyl (C=O) groups excluding carboxylic acids is 2. The van der Waals surface area contributed by atoms with Crippen molar-refractivity contribution in [3.8, 4) is 11.5 Å². The van der Waals surface area contributed by atoms with E-state index in [1.807, 2.05) is 13.0 Å². The van der Waals surface area contributed by atoms with Crippen LogP contribution < -0.4 is 15.2 Å². The van der Waals surface area contributed by atoms with Crippen LogP contribution in [0, 0.1) is 0 Å². The van der Waals surface area contributed by atoms with Crippen molar-refractivity contribution in [2.24, 2.45) is 0 Å². The van der Waals surface area contributed by atoms with Gasteiger partial charge >= 0.3 is 11.8 Å². The smallest absolute Gasteiger partial charge is 0.417 e. The Balaban J connectivity index is 1.21. The molecule has 3 aromatic rings. The van der Waals surface area contributed by atoms with E-state index in [0.717, 1.165) is 12.1 Å². The van der Waals surface area contributed by atoms with E-state index in [2.05, 4.69) is 9.88 Å². The summed E-state index contributed by atoms with van der Waals surface area (Å²) in [5, 5.41) is 0. The first-order valence-electron chi connectivity index (χ1n) is 11.1. The van der Waals surface area contributed by atoms with E-state index >= 15 is 0 Å². The molecule has 1 aromatic heterocycles. The molecule has 0 saturated carbocycles. The van der Waals surface area contributed by atoms with E-state index in [4.69, 9.17) is 18.6 Å². The summed E-state index contributed by atoms with van der Waals surface area (Å²) in [6, 6.07) is 10.3. The average molecular weight is 469 g/mol. The second kappa shape index (κ2) is 10.4. The predicted molar refractivity (Wildman–Crippen MR) is 123 cm³/mol. The van der Waals surface area contributed by atoms with E-state index in [-0.39, 0.29) is 19.2 Å². The summed E-state index contributed by atoms with van der Waals surface area (Å²) in [7, 11) is 1.68. The number of aromatic nitrogens is 1. The van der Waals surface area contributed by atoms with Crippen LogP contribution in [0.5, 0.6) is 11.5 Å². The van der Waals surface area contributed by atoms with E-state index < -0.39 is 11.8 Å². The summed E-state index contributed by atoms with van der Waals surface area (Å²) in [4.78, 5) is 42.4. The first-order chi connectivity index (χ1) is 16.4. The number of aromatic amines is 1. The van der Waals surface area contributed by atoms with Crippen molar-refractivity contribution in [3.05, 3.63) is 58.1 Å². The normalized spacial score (nSPS) is 12.3. The molecule has 0 atom stereocenters. The molecule has 0 saturated heterocycles. The van der Waals surface area contributed by atoms with Crippen molar-refractivity contribution in [1.29, 1.82) is 0 Å². The Kier molecular flexibility index (Phi) is 7.17. The maximum absolute atomic E-state index is 12.6. The van der Waals surface area contributed by atoms with Crippen LogP contribution in [0.3, 0.4) is 0 Å². The molecule has 1 aliphatic heterocycles. The van der Waals surface area contributed by atoms with Gasteiger partial charge in [0.1, 0.15) is 6.61 Å². The van der Waals surface area contributed by atoms with Gasteiger partial charge in [0, 0.05) is 38.7 Å². The van der Waals surface area contributed by atoms with Crippen LogP contribution in [0.15, 0.2) is 45.6 Å². The van der Waals surface area contributed by atoms with Crippen molar-refractivity contribution in [1.82, 2.24) is 14.8 Å². The fourth-order valence-electron chi connectivity index (χ4n) is 3.62. The molecule has 10 heteroatoms. The lowest BCUT2D eigenvalue weighted by molar-refractivity contribution is 0.0936. The molecule has 34 heavy (non-hydrogen) atoms. The number of ether oxygens (including phenoxy) is 3. The van der Waals surface area contributed by atoms with Crippen molar-refractivity contribution in [2.45, 2.75) is 20.0 Å². The Morgan fingerprint density at radius 1 is 1.06 bits per heavy atom. The molecule has 2 aromatic carbocycles. The van der Waals surface area contributed by atoms with Crippen molar-refractivity contribution < 1.29 is 28.2 Å². The molecular weight excluding hydrogens is 442 g/mol. The van der Waals surface area contributed by atoms with Gasteiger partial charge < -0.3 is 28.4 Å². The average Bonchev–Trinajstić information content (AvgIpc) is 3.46. The number of nitrogens with one attached hydrogen (secondary N) is 1. The number of rotatable bonds is 10. The number of likely N-dealkylation sites (N-methyl/N-ethyl adjacent to an activating group) is 2. The summed E-state index contributed by atoms with van der Waals surface area (Å²) in [5.41, 5.74) is 2.24. The molecular formula is C24H27N3O7. The number of nitrogens with zero attached hydrogens (tertiary/aromatic N) is 2. The quantitative estimate of drug-likeness (QED) is 0.451. The summed E-state index contributed by atoms with van der Waals surface area (Å²) in [6.45, 7) is 4.68. The molecule has 0 bridgehead atoms. The minimum Gasteiger partial charge on any atom is -0.454 e. The number of amides is 1. The van der Waals surface area contributed by atoms with Crippen molar-refractivity contribution in [2.75, 3.05) is 40.0 Å². The van der Waals surface area contributed by atoms with Crippen LogP contribution in [0.1, 0.15) is 29.3 Å². The van der Waals surface area contributed by atoms with E-state index in [1.165, 1.54) is 4.90 Å². The summed E-state index contributed by atoms with van der Waals surface area (Å²) in [5.74, 6) is 0.741. The molecule has 0 aliphatic carbocycles. The highest BCUT2D eigenvalue weighted by atomic mass is 16.7. The first-order valence-corrected chi connectivity index (χ1v) is 11.1. The van der Waals surface area contributed by atoms with Gasteiger partial charge in [-0.1, -0.05) is 13.0 Å². The highest BCUT2D eigenvalue weighted by Crippen LogP contribution is 2.32. The number of benzene rings is 2. The van der Waals surface area contributed by atoms with Gasteiger partial charge in [-0.2, -0.15) is 0 Å². The molecule has 0 fully saturated rings. The summed E-state index contributed by atoms with van der Waals surface area (Å²) < 4.78 is 21.0. The van der Waals surface area contributed by atoms with Crippen LogP contribution in [0.2, 0.25) is 0 Å². The van der Waals surface area contributed by atoms with Gasteiger partial charge in [0.05, 0.1) is 5.52 Å². The zero-order valence-corrected chi connectivity index (χ0v) is 19.2. The molecule has 0 spiro atoms. The Morgan fingerprint density at radius 3 is 2.71 bits per heavy atom. The van der Waals surface area contributed by atoms with Crippen LogP contribution in [-0.2, 0) is 11.3 Å². The third kappa shape index (κ3) is 5.57. The Morgan fingerprint density at radius 2 is 1.88 bits per heavy atom. The van der Waals surface area contributed by atoms with Crippen LogP contribution >= 0.6 is 0 Å². The minimum absolute atomic E-state index is 0.0410. The van der Waals surface area contributed by atoms with Crippen LogP contribution in [0.25, 0.3) is 11.1 Å². The van der Waals surface area contributed by atoms with Gasteiger partial charge in [0.15, 0.2) is 22.9 Å². The molecule has 4 rings (SSSR count). The number of fused-ring (bicyclic) bond motifs is 2. The topological polar surface area (TPSA) is 114 Å². The van der Waals surface area contributed by atoms with Gasteiger partial charge in [0.2, 0.25) is 6.79 Å². The Bertz CT molecular complexity index is 1230. The number of oxazole rings is 1. The molecule has 0 unspecified atom stereocenters. The Labute approximate surface area is 196 Å². The molecule has 180 valence electrons. The predicted octanol–water partition coefficient (Wildman–Crippen LogP) is 3.01. The lowest BCUT2D eigenvalue weighted by Crippen LogP contribution is -2.37. The minimum atomic E-state index is -0.546. The molecule has 0 radical (unpaired) electrons. The fourth-order valence-corrected chi connectivity index (χ4v) is 3.62. The largest absolute Gasteiger partial charge is 0.454 e. The van der Waals surface area contributed by atoms with Gasteiger partial charge in [-0.3, -0.25) is 9.78 Å². The third-order valence-electron chi connectivity index (χ3n) is 5.71. The molecule has 1 amide bonds. The zero-order chi connectivity index (χ0) is 24.1. The number of ketones is 1. The zero-order valence-electron chi connectivity index (χ0n) is 19.2. The highest BCUT2D eigenvalue weighted by molar-refractivity contribution is 5.98. The van der Waals surface area contributed by atoms with Gasteiger partial charge in [-0.05, 0) is 42.4 Å². The number of hydrogen-bond donors (Lipinski definition) is 1. The summed E-state index contributed by atoms with van der Waals surface area (Å²) in [6.07, 6.45) is -0.113. The van der Waals surface area contributed by atoms with Crippen molar-refractivity contribution in [3.63, 3.8) is 0 Å². The maximum Gasteiger partial charge on any atom is 0.417 e. The number of carbonyl (C=O) groups is 2. The second-order valence-corrected chi connectivity index (χ2v) is 8.00. The SMILES string of the molecule is CCN(CCC(=O)c1ccc2[nH]c(=O)oc2c1)CCN(C)C(=O)OCc1ccc2c(c1)OCO2. The number of Topliss-reactive ketones (excluding diaryl/α,β-unsaturated/α-hetero) is 1. The lowest BCUT2D eigenvalue weighted by atomic mass is 10.1. The molecule has 10 nitrogen and oxygen atoms in total. The molecule has 1 N–H and O–H groups in total.